The molecule has 3 heterocycles. The van der Waals surface area contributed by atoms with Crippen molar-refractivity contribution in [2.75, 3.05) is 0 Å². The third-order valence-corrected chi connectivity index (χ3v) is 10.6. The lowest BCUT2D eigenvalue weighted by Gasteiger charge is -2.12. The van der Waals surface area contributed by atoms with Gasteiger partial charge in [-0.2, -0.15) is 0 Å². The van der Waals surface area contributed by atoms with Gasteiger partial charge in [0.1, 0.15) is 0 Å². The summed E-state index contributed by atoms with van der Waals surface area (Å²) in [4.78, 5) is 10.0. The van der Waals surface area contributed by atoms with Crippen molar-refractivity contribution in [1.29, 1.82) is 0 Å². The molecular formula is C44H27N3S. The predicted octanol–water partition coefficient (Wildman–Crippen LogP) is 12.1. The molecule has 10 rings (SSSR count). The molecule has 0 aliphatic heterocycles. The van der Waals surface area contributed by atoms with E-state index in [2.05, 4.69) is 156 Å². The number of para-hydroxylation sites is 1. The predicted molar refractivity (Wildman–Crippen MR) is 203 cm³/mol. The van der Waals surface area contributed by atoms with Crippen LogP contribution in [0.1, 0.15) is 0 Å². The molecule has 7 aromatic carbocycles. The first-order valence-corrected chi connectivity index (χ1v) is 17.0. The first kappa shape index (κ1) is 27.1. The van der Waals surface area contributed by atoms with Crippen molar-refractivity contribution < 1.29 is 0 Å². The molecule has 0 saturated carbocycles. The maximum absolute atomic E-state index is 5.02. The maximum Gasteiger partial charge on any atom is 0.234 e. The van der Waals surface area contributed by atoms with Crippen LogP contribution in [0.25, 0.3) is 92.1 Å². The van der Waals surface area contributed by atoms with Crippen molar-refractivity contribution in [3.8, 4) is 39.3 Å². The highest BCUT2D eigenvalue weighted by Crippen LogP contribution is 2.42. The van der Waals surface area contributed by atoms with E-state index in [1.165, 1.54) is 52.8 Å². The smallest absolute Gasteiger partial charge is 0.234 e. The largest absolute Gasteiger partial charge is 0.278 e. The van der Waals surface area contributed by atoms with Gasteiger partial charge in [0.05, 0.1) is 11.0 Å². The van der Waals surface area contributed by atoms with E-state index >= 15 is 0 Å². The van der Waals surface area contributed by atoms with E-state index in [0.29, 0.717) is 5.95 Å². The van der Waals surface area contributed by atoms with Gasteiger partial charge in [-0.3, -0.25) is 4.57 Å². The molecule has 0 spiro atoms. The zero-order chi connectivity index (χ0) is 31.6. The molecule has 0 saturated heterocycles. The van der Waals surface area contributed by atoms with E-state index < -0.39 is 0 Å². The molecule has 4 heteroatoms. The number of nitrogens with zero attached hydrogens (tertiary/aromatic N) is 3. The molecule has 10 aromatic rings. The summed E-state index contributed by atoms with van der Waals surface area (Å²) >= 11 is 1.86. The third kappa shape index (κ3) is 4.27. The van der Waals surface area contributed by atoms with Crippen LogP contribution in [-0.2, 0) is 0 Å². The molecule has 0 unspecified atom stereocenters. The highest BCUT2D eigenvalue weighted by molar-refractivity contribution is 7.26. The minimum Gasteiger partial charge on any atom is -0.278 e. The summed E-state index contributed by atoms with van der Waals surface area (Å²) in [5, 5.41) is 7.55. The zero-order valence-electron chi connectivity index (χ0n) is 25.8. The van der Waals surface area contributed by atoms with Crippen LogP contribution in [0, 0.1) is 0 Å². The normalized spacial score (nSPS) is 11.8. The highest BCUT2D eigenvalue weighted by atomic mass is 32.1. The lowest BCUT2D eigenvalue weighted by atomic mass is 9.94. The second-order valence-corrected chi connectivity index (χ2v) is 13.4. The summed E-state index contributed by atoms with van der Waals surface area (Å²) in [5.74, 6) is 0.661. The third-order valence-electron chi connectivity index (χ3n) is 9.47. The van der Waals surface area contributed by atoms with Gasteiger partial charge in [-0.15, -0.1) is 11.3 Å². The van der Waals surface area contributed by atoms with Gasteiger partial charge in [0.2, 0.25) is 5.95 Å². The van der Waals surface area contributed by atoms with Crippen LogP contribution in [-0.4, -0.2) is 14.5 Å². The molecule has 0 fully saturated rings. The topological polar surface area (TPSA) is 30.7 Å². The van der Waals surface area contributed by atoms with Crippen LogP contribution < -0.4 is 0 Å². The minimum atomic E-state index is 0.661. The average molecular weight is 630 g/mol. The van der Waals surface area contributed by atoms with Gasteiger partial charge in [-0.1, -0.05) is 103 Å². The monoisotopic (exact) mass is 629 g/mol. The fourth-order valence-corrected chi connectivity index (χ4v) is 8.32. The summed E-state index contributed by atoms with van der Waals surface area (Å²) in [6.45, 7) is 0. The fourth-order valence-electron chi connectivity index (χ4n) is 7.20. The molecule has 0 aliphatic rings. The van der Waals surface area contributed by atoms with Crippen molar-refractivity contribution >= 4 is 64.1 Å². The molecule has 0 N–H and O–H groups in total. The maximum atomic E-state index is 5.02. The van der Waals surface area contributed by atoms with E-state index in [1.807, 2.05) is 23.7 Å². The summed E-state index contributed by atoms with van der Waals surface area (Å²) < 4.78 is 4.85. The number of rotatable bonds is 4. The number of fused-ring (bicyclic) bond motifs is 8. The summed E-state index contributed by atoms with van der Waals surface area (Å²) in [6.07, 6.45) is 3.92. The van der Waals surface area contributed by atoms with Crippen molar-refractivity contribution in [1.82, 2.24) is 14.5 Å². The van der Waals surface area contributed by atoms with Gasteiger partial charge in [0.15, 0.2) is 0 Å². The number of hydrogen-bond donors (Lipinski definition) is 0. The summed E-state index contributed by atoms with van der Waals surface area (Å²) in [6, 6.07) is 54.3. The standard InChI is InChI=1S/C44H27N3S/c1-3-11-28(12-4-1)31-21-32(29-13-5-2-6-14-29)23-33(22-31)34-26-45-44(46-27-34)47-39-17-9-7-15-35(39)38-25-37-30(24-40(38)47)19-20-42-43(37)36-16-8-10-18-41(36)48-42/h1-27H. The number of aromatic nitrogens is 3. The van der Waals surface area contributed by atoms with Gasteiger partial charge in [-0.25, -0.2) is 9.97 Å². The highest BCUT2D eigenvalue weighted by Gasteiger charge is 2.17. The Balaban J connectivity index is 1.14. The van der Waals surface area contributed by atoms with Gasteiger partial charge in [-0.05, 0) is 87.1 Å². The molecule has 3 nitrogen and oxygen atoms in total. The number of benzene rings is 7. The Hall–Kier alpha value is -6.10. The van der Waals surface area contributed by atoms with Crippen LogP contribution in [0.15, 0.2) is 164 Å². The molecule has 0 amide bonds. The second kappa shape index (κ2) is 10.7. The van der Waals surface area contributed by atoms with Gasteiger partial charge >= 0.3 is 0 Å². The lowest BCUT2D eigenvalue weighted by Crippen LogP contribution is -2.00. The Morgan fingerprint density at radius 1 is 0.396 bits per heavy atom. The van der Waals surface area contributed by atoms with Crippen LogP contribution in [0.4, 0.5) is 0 Å². The van der Waals surface area contributed by atoms with Crippen molar-refractivity contribution in [3.63, 3.8) is 0 Å². The van der Waals surface area contributed by atoms with Gasteiger partial charge < -0.3 is 0 Å². The Bertz CT molecular complexity index is 2760. The van der Waals surface area contributed by atoms with Crippen molar-refractivity contribution in [3.05, 3.63) is 164 Å². The van der Waals surface area contributed by atoms with Crippen LogP contribution in [0.3, 0.4) is 0 Å². The number of hydrogen-bond acceptors (Lipinski definition) is 3. The van der Waals surface area contributed by atoms with Crippen molar-refractivity contribution in [2.24, 2.45) is 0 Å². The van der Waals surface area contributed by atoms with Gasteiger partial charge in [0, 0.05) is 48.9 Å². The molecule has 0 aliphatic carbocycles. The van der Waals surface area contributed by atoms with Crippen molar-refractivity contribution in [2.45, 2.75) is 0 Å². The molecular weight excluding hydrogens is 603 g/mol. The summed E-state index contributed by atoms with van der Waals surface area (Å²) in [5.41, 5.74) is 8.95. The molecule has 0 radical (unpaired) electrons. The second-order valence-electron chi connectivity index (χ2n) is 12.3. The average Bonchev–Trinajstić information content (AvgIpc) is 3.70. The quantitative estimate of drug-likeness (QED) is 0.194. The first-order chi connectivity index (χ1) is 23.8. The van der Waals surface area contributed by atoms with E-state index in [9.17, 15) is 0 Å². The molecule has 0 bridgehead atoms. The molecule has 224 valence electrons. The summed E-state index contributed by atoms with van der Waals surface area (Å²) in [7, 11) is 0. The van der Waals surface area contributed by atoms with E-state index in [-0.39, 0.29) is 0 Å². The number of thiophene rings is 1. The Morgan fingerprint density at radius 3 is 1.71 bits per heavy atom. The van der Waals surface area contributed by atoms with Crippen LogP contribution in [0.2, 0.25) is 0 Å². The van der Waals surface area contributed by atoms with E-state index in [1.54, 1.807) is 0 Å². The van der Waals surface area contributed by atoms with E-state index in [0.717, 1.165) is 33.3 Å². The SMILES string of the molecule is c1ccc(-c2cc(-c3ccccc3)cc(-c3cnc(-n4c5ccccc5c5cc6c(ccc7sc8ccccc8c76)cc54)nc3)c2)cc1. The Morgan fingerprint density at radius 2 is 1.00 bits per heavy atom. The molecule has 48 heavy (non-hydrogen) atoms. The molecule has 3 aromatic heterocycles. The first-order valence-electron chi connectivity index (χ1n) is 16.1. The van der Waals surface area contributed by atoms with Gasteiger partial charge in [0.25, 0.3) is 0 Å². The van der Waals surface area contributed by atoms with Crippen LogP contribution >= 0.6 is 11.3 Å². The minimum absolute atomic E-state index is 0.661. The van der Waals surface area contributed by atoms with Crippen LogP contribution in [0.5, 0.6) is 0 Å². The Kier molecular flexibility index (Phi) is 6.05. The zero-order valence-corrected chi connectivity index (χ0v) is 26.7. The van der Waals surface area contributed by atoms with E-state index in [4.69, 9.17) is 9.97 Å². The lowest BCUT2D eigenvalue weighted by molar-refractivity contribution is 0.990. The molecule has 0 atom stereocenters. The Labute approximate surface area is 281 Å². The fraction of sp³-hybridized carbons (Fsp3) is 0.